The van der Waals surface area contributed by atoms with Crippen molar-refractivity contribution >= 4 is 11.1 Å². The van der Waals surface area contributed by atoms with Crippen molar-refractivity contribution in [1.82, 2.24) is 0 Å². The van der Waals surface area contributed by atoms with E-state index in [4.69, 9.17) is 0 Å². The minimum atomic E-state index is 0.166. The van der Waals surface area contributed by atoms with E-state index < -0.39 is 0 Å². The van der Waals surface area contributed by atoms with Gasteiger partial charge in [0.25, 0.3) is 0 Å². The molecule has 0 fully saturated rings. The van der Waals surface area contributed by atoms with Gasteiger partial charge in [0.1, 0.15) is 0 Å². The predicted octanol–water partition coefficient (Wildman–Crippen LogP) is 8.83. The van der Waals surface area contributed by atoms with Gasteiger partial charge in [-0.15, -0.1) is 0 Å². The van der Waals surface area contributed by atoms with Crippen LogP contribution in [0.5, 0.6) is 0 Å². The van der Waals surface area contributed by atoms with E-state index in [9.17, 15) is 0 Å². The lowest BCUT2D eigenvalue weighted by Crippen LogP contribution is -2.17. The van der Waals surface area contributed by atoms with Gasteiger partial charge in [-0.3, -0.25) is 0 Å². The molecule has 0 amide bonds. The third-order valence-corrected chi connectivity index (χ3v) is 6.62. The van der Waals surface area contributed by atoms with Crippen molar-refractivity contribution in [2.75, 3.05) is 0 Å². The molecule has 0 aliphatic heterocycles. The molecule has 2 atom stereocenters. The average molecular weight is 379 g/mol. The zero-order valence-electron chi connectivity index (χ0n) is 20.5. The Morgan fingerprint density at radius 3 is 1.00 bits per heavy atom. The fraction of sp³-hybridized carbons (Fsp3) is 0.643. The molecule has 0 heteroatoms. The van der Waals surface area contributed by atoms with Gasteiger partial charge in [0.05, 0.1) is 0 Å². The van der Waals surface area contributed by atoms with Crippen LogP contribution in [-0.2, 0) is 0 Å². The molecule has 0 aromatic heterocycles. The Morgan fingerprint density at radius 2 is 0.786 bits per heavy atom. The summed E-state index contributed by atoms with van der Waals surface area (Å²) in [5.74, 6) is 0.967. The molecule has 1 aromatic rings. The maximum absolute atomic E-state index is 2.58. The molecule has 0 saturated heterocycles. The second-order valence-corrected chi connectivity index (χ2v) is 13.4. The fourth-order valence-corrected chi connectivity index (χ4v) is 5.05. The van der Waals surface area contributed by atoms with Crippen molar-refractivity contribution in [3.05, 3.63) is 46.5 Å². The van der Waals surface area contributed by atoms with Crippen LogP contribution >= 0.6 is 0 Å². The molecule has 0 spiro atoms. The summed E-state index contributed by atoms with van der Waals surface area (Å²) < 4.78 is 0. The Labute approximate surface area is 174 Å². The van der Waals surface area contributed by atoms with Crippen LogP contribution in [0.3, 0.4) is 0 Å². The lowest BCUT2D eigenvalue weighted by molar-refractivity contribution is 0.366. The summed E-state index contributed by atoms with van der Waals surface area (Å²) in [4.78, 5) is 0. The Morgan fingerprint density at radius 1 is 0.500 bits per heavy atom. The molecule has 0 heterocycles. The minimum absolute atomic E-state index is 0.166. The van der Waals surface area contributed by atoms with E-state index in [0.717, 1.165) is 0 Å². The number of rotatable bonds is 0. The highest BCUT2D eigenvalue weighted by atomic mass is 14.4. The maximum atomic E-state index is 2.58. The standard InChI is InChI=1S/C28H42/c1-25(2,3)21-15-22(26(4,5)6)18-14-20-19(13-17(18)21)23(27(7,8)9)16-24(20)28(10,11)12/h13-16,21,24H,1-12H3. The Hall–Kier alpha value is -1.30. The van der Waals surface area contributed by atoms with Crippen molar-refractivity contribution in [2.45, 2.75) is 94.9 Å². The van der Waals surface area contributed by atoms with Crippen LogP contribution < -0.4 is 0 Å². The number of hydrogen-bond acceptors (Lipinski definition) is 0. The van der Waals surface area contributed by atoms with Gasteiger partial charge in [-0.1, -0.05) is 95.2 Å². The Bertz CT molecular complexity index is 772. The quantitative estimate of drug-likeness (QED) is 0.423. The molecule has 2 unspecified atom stereocenters. The molecule has 2 aliphatic rings. The molecule has 0 nitrogen and oxygen atoms in total. The summed E-state index contributed by atoms with van der Waals surface area (Å²) in [6.07, 6.45) is 5.15. The second-order valence-electron chi connectivity index (χ2n) is 13.4. The van der Waals surface area contributed by atoms with Crippen LogP contribution in [0.1, 0.15) is 117 Å². The molecule has 0 radical (unpaired) electrons. The van der Waals surface area contributed by atoms with Crippen molar-refractivity contribution in [3.63, 3.8) is 0 Å². The maximum Gasteiger partial charge on any atom is 0.00790 e. The summed E-state index contributed by atoms with van der Waals surface area (Å²) in [5, 5.41) is 0. The van der Waals surface area contributed by atoms with Crippen molar-refractivity contribution < 1.29 is 0 Å². The van der Waals surface area contributed by atoms with Crippen molar-refractivity contribution in [3.8, 4) is 0 Å². The largest absolute Gasteiger partial charge is 0.0721 e. The Balaban J connectivity index is 2.30. The highest BCUT2D eigenvalue weighted by Gasteiger charge is 2.41. The van der Waals surface area contributed by atoms with Crippen molar-refractivity contribution in [2.24, 2.45) is 21.7 Å². The van der Waals surface area contributed by atoms with Gasteiger partial charge in [0.2, 0.25) is 0 Å². The minimum Gasteiger partial charge on any atom is -0.0721 e. The van der Waals surface area contributed by atoms with E-state index >= 15 is 0 Å². The fourth-order valence-electron chi connectivity index (χ4n) is 5.05. The van der Waals surface area contributed by atoms with Crippen LogP contribution in [-0.4, -0.2) is 0 Å². The van der Waals surface area contributed by atoms with Crippen molar-refractivity contribution in [1.29, 1.82) is 0 Å². The summed E-state index contributed by atoms with van der Waals surface area (Å²) in [6, 6.07) is 5.14. The smallest absolute Gasteiger partial charge is 0.00790 e. The first-order chi connectivity index (χ1) is 12.4. The van der Waals surface area contributed by atoms with Gasteiger partial charge in [-0.2, -0.15) is 0 Å². The van der Waals surface area contributed by atoms with Crippen LogP contribution in [0, 0.1) is 21.7 Å². The van der Waals surface area contributed by atoms with E-state index in [2.05, 4.69) is 107 Å². The summed E-state index contributed by atoms with van der Waals surface area (Å²) in [6.45, 7) is 28.5. The molecule has 0 saturated carbocycles. The topological polar surface area (TPSA) is 0 Å². The normalized spacial score (nSPS) is 22.7. The third kappa shape index (κ3) is 3.53. The van der Waals surface area contributed by atoms with E-state index in [-0.39, 0.29) is 21.7 Å². The molecule has 1 aromatic carbocycles. The average Bonchev–Trinajstić information content (AvgIpc) is 3.00. The number of fused-ring (bicyclic) bond motifs is 2. The molecule has 0 N–H and O–H groups in total. The van der Waals surface area contributed by atoms with Gasteiger partial charge in [-0.25, -0.2) is 0 Å². The monoisotopic (exact) mass is 378 g/mol. The highest BCUT2D eigenvalue weighted by molar-refractivity contribution is 5.85. The molecule has 0 bridgehead atoms. The van der Waals surface area contributed by atoms with Gasteiger partial charge in [-0.05, 0) is 67.2 Å². The van der Waals surface area contributed by atoms with Crippen LogP contribution in [0.15, 0.2) is 24.3 Å². The van der Waals surface area contributed by atoms with E-state index in [1.165, 1.54) is 22.3 Å². The van der Waals surface area contributed by atoms with Gasteiger partial charge in [0, 0.05) is 11.8 Å². The SMILES string of the molecule is CC(C)(C)C1=CC(C(C)(C)C)c2cc3c(cc21)C(C(C)(C)C)C=C3C(C)(C)C. The van der Waals surface area contributed by atoms with Gasteiger partial charge in [0.15, 0.2) is 0 Å². The molecular formula is C28H42. The van der Waals surface area contributed by atoms with E-state index in [1.54, 1.807) is 11.1 Å². The first-order valence-electron chi connectivity index (χ1n) is 11.1. The van der Waals surface area contributed by atoms with Crippen LogP contribution in [0.25, 0.3) is 11.1 Å². The first kappa shape index (κ1) is 21.4. The lowest BCUT2D eigenvalue weighted by atomic mass is 9.74. The van der Waals surface area contributed by atoms with Crippen LogP contribution in [0.2, 0.25) is 0 Å². The molecule has 28 heavy (non-hydrogen) atoms. The van der Waals surface area contributed by atoms with Gasteiger partial charge < -0.3 is 0 Å². The summed E-state index contributed by atoms with van der Waals surface area (Å²) >= 11 is 0. The molecule has 154 valence electrons. The molecule has 3 rings (SSSR count). The summed E-state index contributed by atoms with van der Waals surface area (Å²) in [7, 11) is 0. The number of hydrogen-bond donors (Lipinski definition) is 0. The van der Waals surface area contributed by atoms with Crippen LogP contribution in [0.4, 0.5) is 0 Å². The third-order valence-electron chi connectivity index (χ3n) is 6.62. The predicted molar refractivity (Wildman–Crippen MR) is 126 cm³/mol. The Kier molecular flexibility index (Phi) is 4.66. The number of benzene rings is 1. The first-order valence-corrected chi connectivity index (χ1v) is 11.1. The second kappa shape index (κ2) is 6.10. The number of allylic oxidation sites excluding steroid dienone is 4. The van der Waals surface area contributed by atoms with E-state index in [1.807, 2.05) is 0 Å². The molecule has 2 aliphatic carbocycles. The lowest BCUT2D eigenvalue weighted by Gasteiger charge is -2.30. The van der Waals surface area contributed by atoms with Gasteiger partial charge >= 0.3 is 0 Å². The molecular weight excluding hydrogens is 336 g/mol. The van der Waals surface area contributed by atoms with E-state index in [0.29, 0.717) is 11.8 Å². The zero-order valence-corrected chi connectivity index (χ0v) is 20.5. The summed E-state index contributed by atoms with van der Waals surface area (Å²) in [5.41, 5.74) is 9.93. The zero-order chi connectivity index (χ0) is 21.4. The highest BCUT2D eigenvalue weighted by Crippen LogP contribution is 2.56.